The standard InChI is InChI=1S/C26H28N2O6/c29-22(27-21-10-13-33-23(21)24(30)31)14-26(11-5-12-26)28-25(32)34-15-20-18-8-3-1-6-16(18)17-7-2-4-9-19(17)20/h1-4,6-9,20-21,23H,5,10-15H2,(H,27,29)(H,28,32)(H,30,31)/t21-,23+/m0/s1. The van der Waals surface area contributed by atoms with Gasteiger partial charge >= 0.3 is 12.1 Å². The van der Waals surface area contributed by atoms with Gasteiger partial charge in [-0.1, -0.05) is 48.5 Å². The zero-order valence-corrected chi connectivity index (χ0v) is 18.8. The van der Waals surface area contributed by atoms with Gasteiger partial charge in [-0.3, -0.25) is 4.79 Å². The summed E-state index contributed by atoms with van der Waals surface area (Å²) in [4.78, 5) is 36.7. The van der Waals surface area contributed by atoms with Crippen LogP contribution in [0.5, 0.6) is 0 Å². The van der Waals surface area contributed by atoms with Gasteiger partial charge in [0.05, 0.1) is 11.6 Å². The molecule has 0 unspecified atom stereocenters. The number of ether oxygens (including phenoxy) is 2. The molecule has 5 rings (SSSR count). The first-order valence-electron chi connectivity index (χ1n) is 11.7. The first kappa shape index (κ1) is 22.4. The van der Waals surface area contributed by atoms with E-state index >= 15 is 0 Å². The fourth-order valence-corrected chi connectivity index (χ4v) is 5.35. The molecule has 0 aromatic heterocycles. The summed E-state index contributed by atoms with van der Waals surface area (Å²) in [5, 5.41) is 14.9. The second-order valence-corrected chi connectivity index (χ2v) is 9.35. The number of nitrogens with one attached hydrogen (secondary N) is 2. The van der Waals surface area contributed by atoms with Crippen LogP contribution in [0, 0.1) is 0 Å². The van der Waals surface area contributed by atoms with Crippen molar-refractivity contribution in [2.45, 2.75) is 55.7 Å². The molecule has 8 heteroatoms. The maximum atomic E-state index is 12.7. The minimum Gasteiger partial charge on any atom is -0.479 e. The molecule has 2 aliphatic carbocycles. The Morgan fingerprint density at radius 3 is 2.26 bits per heavy atom. The number of rotatable bonds is 7. The van der Waals surface area contributed by atoms with E-state index in [1.165, 1.54) is 0 Å². The lowest BCUT2D eigenvalue weighted by Crippen LogP contribution is -2.57. The lowest BCUT2D eigenvalue weighted by atomic mass is 9.74. The molecule has 1 heterocycles. The van der Waals surface area contributed by atoms with E-state index in [1.54, 1.807) is 0 Å². The molecule has 1 aliphatic heterocycles. The number of benzene rings is 2. The molecule has 2 fully saturated rings. The first-order valence-corrected chi connectivity index (χ1v) is 11.7. The molecule has 1 saturated carbocycles. The number of amides is 2. The zero-order chi connectivity index (χ0) is 23.7. The fourth-order valence-electron chi connectivity index (χ4n) is 5.35. The van der Waals surface area contributed by atoms with E-state index in [2.05, 4.69) is 34.9 Å². The van der Waals surface area contributed by atoms with Crippen molar-refractivity contribution in [3.8, 4) is 11.1 Å². The predicted molar refractivity (Wildman–Crippen MR) is 123 cm³/mol. The molecule has 2 atom stereocenters. The minimum atomic E-state index is -1.09. The third-order valence-electron chi connectivity index (χ3n) is 7.20. The number of hydrogen-bond acceptors (Lipinski definition) is 5. The SMILES string of the molecule is O=C(CC1(NC(=O)OCC2c3ccccc3-c3ccccc32)CCC1)N[C@H]1CCO[C@H]1C(=O)O. The quantitative estimate of drug-likeness (QED) is 0.580. The highest BCUT2D eigenvalue weighted by Gasteiger charge is 2.43. The van der Waals surface area contributed by atoms with Crippen LogP contribution >= 0.6 is 0 Å². The summed E-state index contributed by atoms with van der Waals surface area (Å²) in [5.74, 6) is -1.41. The number of alkyl carbamates (subject to hydrolysis) is 1. The Bertz CT molecular complexity index is 1070. The van der Waals surface area contributed by atoms with Crippen LogP contribution in [0.1, 0.15) is 49.1 Å². The number of carbonyl (C=O) groups excluding carboxylic acids is 2. The summed E-state index contributed by atoms with van der Waals surface area (Å²) in [6, 6.07) is 15.7. The largest absolute Gasteiger partial charge is 0.479 e. The average Bonchev–Trinajstić information content (AvgIpc) is 3.39. The zero-order valence-electron chi connectivity index (χ0n) is 18.8. The molecule has 178 valence electrons. The topological polar surface area (TPSA) is 114 Å². The lowest BCUT2D eigenvalue weighted by molar-refractivity contribution is -0.148. The summed E-state index contributed by atoms with van der Waals surface area (Å²) >= 11 is 0. The van der Waals surface area contributed by atoms with Crippen molar-refractivity contribution < 1.29 is 29.0 Å². The van der Waals surface area contributed by atoms with Gasteiger partial charge in [0.25, 0.3) is 0 Å². The molecule has 0 bridgehead atoms. The highest BCUT2D eigenvalue weighted by Crippen LogP contribution is 2.44. The van der Waals surface area contributed by atoms with Crippen LogP contribution in [0.3, 0.4) is 0 Å². The molecule has 3 aliphatic rings. The van der Waals surface area contributed by atoms with Gasteiger partial charge in [0.15, 0.2) is 6.10 Å². The third kappa shape index (κ3) is 4.25. The summed E-state index contributed by atoms with van der Waals surface area (Å²) in [6.45, 7) is 0.507. The smallest absolute Gasteiger partial charge is 0.407 e. The van der Waals surface area contributed by atoms with E-state index < -0.39 is 29.7 Å². The summed E-state index contributed by atoms with van der Waals surface area (Å²) in [6.07, 6.45) is 1.22. The Morgan fingerprint density at radius 1 is 1.03 bits per heavy atom. The van der Waals surface area contributed by atoms with Gasteiger partial charge in [-0.15, -0.1) is 0 Å². The van der Waals surface area contributed by atoms with Crippen LogP contribution < -0.4 is 10.6 Å². The fraction of sp³-hybridized carbons (Fsp3) is 0.423. The Morgan fingerprint density at radius 2 is 1.68 bits per heavy atom. The summed E-state index contributed by atoms with van der Waals surface area (Å²) in [7, 11) is 0. The van der Waals surface area contributed by atoms with E-state index in [1.807, 2.05) is 24.3 Å². The van der Waals surface area contributed by atoms with Gasteiger partial charge in [0.1, 0.15) is 6.61 Å². The number of carboxylic acids is 1. The van der Waals surface area contributed by atoms with Crippen molar-refractivity contribution in [3.05, 3.63) is 59.7 Å². The van der Waals surface area contributed by atoms with Gasteiger partial charge in [0.2, 0.25) is 5.91 Å². The number of fused-ring (bicyclic) bond motifs is 3. The van der Waals surface area contributed by atoms with Gasteiger partial charge in [-0.2, -0.15) is 0 Å². The van der Waals surface area contributed by atoms with Gasteiger partial charge in [-0.25, -0.2) is 9.59 Å². The Kier molecular flexibility index (Phi) is 6.00. The first-order chi connectivity index (χ1) is 16.5. The van der Waals surface area contributed by atoms with Crippen molar-refractivity contribution in [2.75, 3.05) is 13.2 Å². The number of carboxylic acid groups (broad SMARTS) is 1. The van der Waals surface area contributed by atoms with Crippen molar-refractivity contribution >= 4 is 18.0 Å². The van der Waals surface area contributed by atoms with Crippen LogP contribution in [-0.2, 0) is 19.1 Å². The second-order valence-electron chi connectivity index (χ2n) is 9.35. The number of aliphatic carboxylic acids is 1. The minimum absolute atomic E-state index is 0.0332. The normalized spacial score (nSPS) is 22.2. The van der Waals surface area contributed by atoms with Crippen LogP contribution in [-0.4, -0.2) is 54.0 Å². The van der Waals surface area contributed by atoms with Gasteiger partial charge in [-0.05, 0) is 47.9 Å². The lowest BCUT2D eigenvalue weighted by Gasteiger charge is -2.41. The molecule has 0 spiro atoms. The molecule has 2 aromatic carbocycles. The monoisotopic (exact) mass is 464 g/mol. The molecule has 2 aromatic rings. The molecule has 34 heavy (non-hydrogen) atoms. The highest BCUT2D eigenvalue weighted by atomic mass is 16.5. The molecular weight excluding hydrogens is 436 g/mol. The summed E-state index contributed by atoms with van der Waals surface area (Å²) in [5.41, 5.74) is 3.94. The highest BCUT2D eigenvalue weighted by molar-refractivity contribution is 5.81. The van der Waals surface area contributed by atoms with E-state index in [0.717, 1.165) is 28.7 Å². The third-order valence-corrected chi connectivity index (χ3v) is 7.20. The molecule has 1 saturated heterocycles. The Labute approximate surface area is 197 Å². The Hall–Kier alpha value is -3.39. The summed E-state index contributed by atoms with van der Waals surface area (Å²) < 4.78 is 10.8. The van der Waals surface area contributed by atoms with Crippen LogP contribution in [0.4, 0.5) is 4.79 Å². The van der Waals surface area contributed by atoms with Crippen LogP contribution in [0.15, 0.2) is 48.5 Å². The molecule has 2 amide bonds. The molecular formula is C26H28N2O6. The average molecular weight is 465 g/mol. The van der Waals surface area contributed by atoms with E-state index in [4.69, 9.17) is 9.47 Å². The van der Waals surface area contributed by atoms with Crippen molar-refractivity contribution in [1.29, 1.82) is 0 Å². The number of hydrogen-bond donors (Lipinski definition) is 3. The van der Waals surface area contributed by atoms with Crippen LogP contribution in [0.25, 0.3) is 11.1 Å². The van der Waals surface area contributed by atoms with E-state index in [0.29, 0.717) is 25.9 Å². The van der Waals surface area contributed by atoms with Crippen molar-refractivity contribution in [1.82, 2.24) is 10.6 Å². The van der Waals surface area contributed by atoms with Gasteiger partial charge in [0, 0.05) is 18.9 Å². The molecule has 0 radical (unpaired) electrons. The van der Waals surface area contributed by atoms with E-state index in [9.17, 15) is 19.5 Å². The van der Waals surface area contributed by atoms with Gasteiger partial charge < -0.3 is 25.2 Å². The predicted octanol–water partition coefficient (Wildman–Crippen LogP) is 3.20. The molecule has 3 N–H and O–H groups in total. The Balaban J connectivity index is 1.19. The molecule has 8 nitrogen and oxygen atoms in total. The van der Waals surface area contributed by atoms with Crippen LogP contribution in [0.2, 0.25) is 0 Å². The number of carbonyl (C=O) groups is 3. The van der Waals surface area contributed by atoms with Crippen molar-refractivity contribution in [2.24, 2.45) is 0 Å². The van der Waals surface area contributed by atoms with Crippen molar-refractivity contribution in [3.63, 3.8) is 0 Å². The second kappa shape index (κ2) is 9.10. The maximum absolute atomic E-state index is 12.7. The maximum Gasteiger partial charge on any atom is 0.407 e. The van der Waals surface area contributed by atoms with E-state index in [-0.39, 0.29) is 24.9 Å².